The van der Waals surface area contributed by atoms with E-state index in [-0.39, 0.29) is 0 Å². The molecule has 2 rings (SSSR count). The molecule has 12 heavy (non-hydrogen) atoms. The fraction of sp³-hybridized carbons (Fsp3) is 0.182. The summed E-state index contributed by atoms with van der Waals surface area (Å²) in [6, 6.07) is 8.27. The fourth-order valence-electron chi connectivity index (χ4n) is 1.59. The van der Waals surface area contributed by atoms with Crippen molar-refractivity contribution in [2.24, 2.45) is 0 Å². The summed E-state index contributed by atoms with van der Waals surface area (Å²) in [7, 11) is 0. The number of hydrogen-bond acceptors (Lipinski definition) is 1. The average molecular weight is 157 g/mol. The van der Waals surface area contributed by atoms with E-state index in [0.717, 1.165) is 5.52 Å². The molecule has 0 aliphatic rings. The number of hydrogen-bond donors (Lipinski definition) is 0. The summed E-state index contributed by atoms with van der Waals surface area (Å²) in [5, 5.41) is 1.29. The zero-order valence-electron chi connectivity index (χ0n) is 7.33. The van der Waals surface area contributed by atoms with Gasteiger partial charge in [-0.2, -0.15) is 0 Å². The van der Waals surface area contributed by atoms with E-state index in [9.17, 15) is 0 Å². The standard InChI is InChI=1S/C11H11N/c1-8-4-3-5-10-11(8)9(2)6-7-12-10/h3-7H,1-2H3. The van der Waals surface area contributed by atoms with Gasteiger partial charge in [0.1, 0.15) is 0 Å². The van der Waals surface area contributed by atoms with Crippen molar-refractivity contribution in [1.29, 1.82) is 0 Å². The highest BCUT2D eigenvalue weighted by molar-refractivity contribution is 5.84. The molecule has 0 spiro atoms. The van der Waals surface area contributed by atoms with Gasteiger partial charge in [-0.05, 0) is 37.1 Å². The van der Waals surface area contributed by atoms with Crippen LogP contribution in [0.25, 0.3) is 10.9 Å². The number of fused-ring (bicyclic) bond motifs is 1. The van der Waals surface area contributed by atoms with Crippen molar-refractivity contribution in [3.05, 3.63) is 41.6 Å². The maximum atomic E-state index is 4.30. The summed E-state index contributed by atoms with van der Waals surface area (Å²) in [6.45, 7) is 4.24. The summed E-state index contributed by atoms with van der Waals surface area (Å²) in [6.07, 6.45) is 1.86. The molecule has 0 N–H and O–H groups in total. The summed E-state index contributed by atoms with van der Waals surface area (Å²) < 4.78 is 0. The lowest BCUT2D eigenvalue weighted by Crippen LogP contribution is -1.84. The van der Waals surface area contributed by atoms with Gasteiger partial charge < -0.3 is 0 Å². The number of nitrogens with zero attached hydrogens (tertiary/aromatic N) is 1. The zero-order chi connectivity index (χ0) is 8.55. The van der Waals surface area contributed by atoms with Gasteiger partial charge >= 0.3 is 0 Å². The van der Waals surface area contributed by atoms with E-state index in [4.69, 9.17) is 0 Å². The summed E-state index contributed by atoms with van der Waals surface area (Å²) >= 11 is 0. The third-order valence-electron chi connectivity index (χ3n) is 2.18. The lowest BCUT2D eigenvalue weighted by Gasteiger charge is -2.03. The smallest absolute Gasteiger partial charge is 0.0707 e. The minimum Gasteiger partial charge on any atom is -0.256 e. The molecule has 0 aliphatic heterocycles. The Labute approximate surface area is 72.1 Å². The van der Waals surface area contributed by atoms with Crippen LogP contribution in [0.2, 0.25) is 0 Å². The summed E-state index contributed by atoms with van der Waals surface area (Å²) in [5.74, 6) is 0. The minimum absolute atomic E-state index is 1.09. The van der Waals surface area contributed by atoms with Crippen LogP contribution in [0.5, 0.6) is 0 Å². The SMILES string of the molecule is Cc1cccc2nccc(C)c12. The Morgan fingerprint density at radius 1 is 1.00 bits per heavy atom. The third-order valence-corrected chi connectivity index (χ3v) is 2.18. The maximum Gasteiger partial charge on any atom is 0.0707 e. The first kappa shape index (κ1) is 7.29. The van der Waals surface area contributed by atoms with Gasteiger partial charge in [0.05, 0.1) is 5.52 Å². The van der Waals surface area contributed by atoms with Crippen molar-refractivity contribution in [1.82, 2.24) is 4.98 Å². The molecule has 1 nitrogen and oxygen atoms in total. The zero-order valence-corrected chi connectivity index (χ0v) is 7.33. The average Bonchev–Trinajstić information content (AvgIpc) is 2.04. The van der Waals surface area contributed by atoms with Gasteiger partial charge in [0.15, 0.2) is 0 Å². The van der Waals surface area contributed by atoms with E-state index in [1.165, 1.54) is 16.5 Å². The van der Waals surface area contributed by atoms with Gasteiger partial charge in [0, 0.05) is 11.6 Å². The molecule has 1 aromatic heterocycles. The number of benzene rings is 1. The quantitative estimate of drug-likeness (QED) is 0.573. The molecule has 60 valence electrons. The topological polar surface area (TPSA) is 12.9 Å². The molecule has 1 heteroatoms. The Hall–Kier alpha value is -1.37. The molecule has 2 aromatic rings. The van der Waals surface area contributed by atoms with Crippen molar-refractivity contribution < 1.29 is 0 Å². The van der Waals surface area contributed by atoms with E-state index in [1.54, 1.807) is 0 Å². The highest BCUT2D eigenvalue weighted by Crippen LogP contribution is 2.19. The molecule has 0 saturated carbocycles. The Morgan fingerprint density at radius 3 is 2.50 bits per heavy atom. The molecule has 0 bridgehead atoms. The molecule has 0 unspecified atom stereocenters. The van der Waals surface area contributed by atoms with Crippen LogP contribution in [0.1, 0.15) is 11.1 Å². The second kappa shape index (κ2) is 2.59. The Kier molecular flexibility index (Phi) is 1.58. The van der Waals surface area contributed by atoms with Gasteiger partial charge in [-0.15, -0.1) is 0 Å². The lowest BCUT2D eigenvalue weighted by atomic mass is 10.1. The molecule has 0 saturated heterocycles. The highest BCUT2D eigenvalue weighted by Gasteiger charge is 1.98. The highest BCUT2D eigenvalue weighted by atomic mass is 14.6. The van der Waals surface area contributed by atoms with E-state index >= 15 is 0 Å². The number of rotatable bonds is 0. The summed E-state index contributed by atoms with van der Waals surface area (Å²) in [4.78, 5) is 4.30. The normalized spacial score (nSPS) is 10.5. The largest absolute Gasteiger partial charge is 0.256 e. The number of aryl methyl sites for hydroxylation is 2. The first-order chi connectivity index (χ1) is 5.79. The van der Waals surface area contributed by atoms with Gasteiger partial charge in [-0.3, -0.25) is 4.98 Å². The van der Waals surface area contributed by atoms with Crippen LogP contribution in [0.4, 0.5) is 0 Å². The molecular weight excluding hydrogens is 146 g/mol. The Morgan fingerprint density at radius 2 is 1.75 bits per heavy atom. The van der Waals surface area contributed by atoms with Gasteiger partial charge in [-0.25, -0.2) is 0 Å². The molecule has 0 atom stereocenters. The van der Waals surface area contributed by atoms with Crippen LogP contribution in [0.3, 0.4) is 0 Å². The fourth-order valence-corrected chi connectivity index (χ4v) is 1.59. The van der Waals surface area contributed by atoms with Gasteiger partial charge in [0.25, 0.3) is 0 Å². The van der Waals surface area contributed by atoms with Gasteiger partial charge in [0.2, 0.25) is 0 Å². The molecular formula is C11H11N. The predicted octanol–water partition coefficient (Wildman–Crippen LogP) is 2.85. The number of pyridine rings is 1. The minimum atomic E-state index is 1.09. The van der Waals surface area contributed by atoms with Crippen molar-refractivity contribution in [2.75, 3.05) is 0 Å². The molecule has 1 aromatic carbocycles. The van der Waals surface area contributed by atoms with Gasteiger partial charge in [-0.1, -0.05) is 12.1 Å². The second-order valence-corrected chi connectivity index (χ2v) is 3.10. The van der Waals surface area contributed by atoms with Crippen molar-refractivity contribution in [3.8, 4) is 0 Å². The van der Waals surface area contributed by atoms with Crippen LogP contribution in [-0.4, -0.2) is 4.98 Å². The van der Waals surface area contributed by atoms with Crippen LogP contribution in [0, 0.1) is 13.8 Å². The van der Waals surface area contributed by atoms with Crippen molar-refractivity contribution in [3.63, 3.8) is 0 Å². The molecule has 0 amide bonds. The Balaban J connectivity index is 2.96. The number of aromatic nitrogens is 1. The summed E-state index contributed by atoms with van der Waals surface area (Å²) in [5.41, 5.74) is 3.70. The van der Waals surface area contributed by atoms with E-state index in [2.05, 4.69) is 37.0 Å². The van der Waals surface area contributed by atoms with Crippen molar-refractivity contribution >= 4 is 10.9 Å². The first-order valence-corrected chi connectivity index (χ1v) is 4.10. The van der Waals surface area contributed by atoms with Crippen LogP contribution >= 0.6 is 0 Å². The van der Waals surface area contributed by atoms with E-state index < -0.39 is 0 Å². The molecule has 1 heterocycles. The second-order valence-electron chi connectivity index (χ2n) is 3.10. The predicted molar refractivity (Wildman–Crippen MR) is 51.2 cm³/mol. The van der Waals surface area contributed by atoms with Crippen molar-refractivity contribution in [2.45, 2.75) is 13.8 Å². The first-order valence-electron chi connectivity index (χ1n) is 4.10. The lowest BCUT2D eigenvalue weighted by molar-refractivity contribution is 1.35. The molecule has 0 radical (unpaired) electrons. The third kappa shape index (κ3) is 0.981. The van der Waals surface area contributed by atoms with E-state index in [0.29, 0.717) is 0 Å². The van der Waals surface area contributed by atoms with Crippen LogP contribution in [-0.2, 0) is 0 Å². The Bertz CT molecular complexity index is 382. The maximum absolute atomic E-state index is 4.30. The molecule has 0 fully saturated rings. The molecule has 0 aliphatic carbocycles. The van der Waals surface area contributed by atoms with Crippen LogP contribution < -0.4 is 0 Å². The monoisotopic (exact) mass is 157 g/mol. The van der Waals surface area contributed by atoms with E-state index in [1.807, 2.05) is 12.3 Å². The van der Waals surface area contributed by atoms with Crippen LogP contribution in [0.15, 0.2) is 30.5 Å².